The fraction of sp³-hybridized carbons (Fsp3) is 0.562. The third-order valence-corrected chi connectivity index (χ3v) is 4.52. The van der Waals surface area contributed by atoms with Crippen molar-refractivity contribution >= 4 is 6.08 Å². The van der Waals surface area contributed by atoms with Crippen molar-refractivity contribution in [1.82, 2.24) is 0 Å². The first-order valence-electron chi connectivity index (χ1n) is 7.12. The number of carbonyl (C=O) groups excluding carboxylic acids is 1. The lowest BCUT2D eigenvalue weighted by molar-refractivity contribution is 0.193. The standard InChI is InChI=1S/C16H19NO2/c18-12-17-16(8-3-4-9-16)15-6-2-1-5-14(15)13-7-10-19-11-13/h1-2,5-6,13H,3-4,7-11H2. The molecule has 3 heteroatoms. The van der Waals surface area contributed by atoms with E-state index in [2.05, 4.69) is 29.3 Å². The molecule has 19 heavy (non-hydrogen) atoms. The Labute approximate surface area is 113 Å². The summed E-state index contributed by atoms with van der Waals surface area (Å²) in [5.74, 6) is 0.454. The number of rotatable bonds is 3. The average Bonchev–Trinajstić information content (AvgIpc) is 3.11. The quantitative estimate of drug-likeness (QED) is 0.615. The fourth-order valence-electron chi connectivity index (χ4n) is 3.55. The third kappa shape index (κ3) is 2.24. The molecule has 3 rings (SSSR count). The molecule has 3 nitrogen and oxygen atoms in total. The van der Waals surface area contributed by atoms with Gasteiger partial charge in [-0.05, 0) is 30.4 Å². The molecule has 1 saturated carbocycles. The minimum Gasteiger partial charge on any atom is -0.381 e. The summed E-state index contributed by atoms with van der Waals surface area (Å²) >= 11 is 0. The van der Waals surface area contributed by atoms with Gasteiger partial charge in [0, 0.05) is 12.5 Å². The molecule has 0 radical (unpaired) electrons. The molecule has 1 aromatic rings. The van der Waals surface area contributed by atoms with Gasteiger partial charge in [0.15, 0.2) is 0 Å². The van der Waals surface area contributed by atoms with Crippen LogP contribution in [0.4, 0.5) is 0 Å². The summed E-state index contributed by atoms with van der Waals surface area (Å²) in [7, 11) is 0. The lowest BCUT2D eigenvalue weighted by atomic mass is 9.81. The summed E-state index contributed by atoms with van der Waals surface area (Å²) in [5.41, 5.74) is 2.23. The van der Waals surface area contributed by atoms with Crippen LogP contribution in [0.3, 0.4) is 0 Å². The summed E-state index contributed by atoms with van der Waals surface area (Å²) in [6.07, 6.45) is 7.09. The van der Waals surface area contributed by atoms with E-state index in [0.717, 1.165) is 45.3 Å². The molecule has 1 aromatic carbocycles. The highest BCUT2D eigenvalue weighted by atomic mass is 16.5. The Kier molecular flexibility index (Phi) is 3.50. The van der Waals surface area contributed by atoms with E-state index in [1.54, 1.807) is 0 Å². The topological polar surface area (TPSA) is 38.7 Å². The van der Waals surface area contributed by atoms with E-state index in [-0.39, 0.29) is 5.54 Å². The van der Waals surface area contributed by atoms with Gasteiger partial charge in [-0.3, -0.25) is 0 Å². The molecule has 0 amide bonds. The maximum atomic E-state index is 10.9. The van der Waals surface area contributed by atoms with Gasteiger partial charge in [-0.15, -0.1) is 0 Å². The van der Waals surface area contributed by atoms with Crippen LogP contribution in [0.2, 0.25) is 0 Å². The lowest BCUT2D eigenvalue weighted by Gasteiger charge is -2.27. The average molecular weight is 257 g/mol. The molecule has 1 atom stereocenters. The minimum absolute atomic E-state index is 0.319. The van der Waals surface area contributed by atoms with Gasteiger partial charge in [-0.1, -0.05) is 37.1 Å². The summed E-state index contributed by atoms with van der Waals surface area (Å²) < 4.78 is 5.51. The number of hydrogen-bond donors (Lipinski definition) is 0. The molecule has 0 bridgehead atoms. The summed E-state index contributed by atoms with van der Waals surface area (Å²) in [5, 5.41) is 0. The van der Waals surface area contributed by atoms with E-state index in [9.17, 15) is 4.79 Å². The van der Waals surface area contributed by atoms with Crippen molar-refractivity contribution in [2.24, 2.45) is 4.99 Å². The smallest absolute Gasteiger partial charge is 0.235 e. The van der Waals surface area contributed by atoms with Crippen LogP contribution in [-0.4, -0.2) is 19.3 Å². The first kappa shape index (κ1) is 12.6. The molecule has 1 unspecified atom stereocenters. The van der Waals surface area contributed by atoms with Crippen LogP contribution in [0.15, 0.2) is 29.3 Å². The minimum atomic E-state index is -0.319. The number of isocyanates is 1. The van der Waals surface area contributed by atoms with Crippen molar-refractivity contribution in [2.75, 3.05) is 13.2 Å². The second-order valence-corrected chi connectivity index (χ2v) is 5.59. The van der Waals surface area contributed by atoms with Crippen LogP contribution in [0.25, 0.3) is 0 Å². The second-order valence-electron chi connectivity index (χ2n) is 5.59. The van der Waals surface area contributed by atoms with E-state index in [4.69, 9.17) is 4.74 Å². The predicted molar refractivity (Wildman–Crippen MR) is 72.9 cm³/mol. The van der Waals surface area contributed by atoms with Crippen molar-refractivity contribution in [3.05, 3.63) is 35.4 Å². The van der Waals surface area contributed by atoms with Crippen LogP contribution >= 0.6 is 0 Å². The van der Waals surface area contributed by atoms with Gasteiger partial charge < -0.3 is 4.74 Å². The molecule has 1 aliphatic heterocycles. The van der Waals surface area contributed by atoms with Crippen molar-refractivity contribution in [3.8, 4) is 0 Å². The van der Waals surface area contributed by atoms with Gasteiger partial charge in [0.1, 0.15) is 0 Å². The monoisotopic (exact) mass is 257 g/mol. The summed E-state index contributed by atoms with van der Waals surface area (Å²) in [6.45, 7) is 1.63. The van der Waals surface area contributed by atoms with E-state index >= 15 is 0 Å². The lowest BCUT2D eigenvalue weighted by Crippen LogP contribution is -2.22. The zero-order valence-corrected chi connectivity index (χ0v) is 11.1. The normalized spacial score (nSPS) is 25.2. The second kappa shape index (κ2) is 5.28. The number of hydrogen-bond acceptors (Lipinski definition) is 3. The third-order valence-electron chi connectivity index (χ3n) is 4.52. The summed E-state index contributed by atoms with van der Waals surface area (Å²) in [4.78, 5) is 15.1. The van der Waals surface area contributed by atoms with E-state index in [1.807, 2.05) is 6.08 Å². The van der Waals surface area contributed by atoms with Crippen molar-refractivity contribution < 1.29 is 9.53 Å². The molecule has 1 heterocycles. The highest BCUT2D eigenvalue weighted by molar-refractivity contribution is 5.43. The van der Waals surface area contributed by atoms with Crippen LogP contribution in [0.1, 0.15) is 49.1 Å². The van der Waals surface area contributed by atoms with Crippen LogP contribution in [0.5, 0.6) is 0 Å². The molecule has 100 valence electrons. The maximum Gasteiger partial charge on any atom is 0.235 e. The molecule has 0 aromatic heterocycles. The SMILES string of the molecule is O=C=NC1(c2ccccc2C2CCOC2)CCCC1. The molecule has 2 fully saturated rings. The fourth-order valence-corrected chi connectivity index (χ4v) is 3.55. The number of aliphatic imine (C=N–C) groups is 1. The van der Waals surface area contributed by atoms with Crippen molar-refractivity contribution in [1.29, 1.82) is 0 Å². The highest BCUT2D eigenvalue weighted by Crippen LogP contribution is 2.45. The zero-order chi connectivity index (χ0) is 13.1. The Morgan fingerprint density at radius 2 is 2.05 bits per heavy atom. The first-order chi connectivity index (χ1) is 9.36. The van der Waals surface area contributed by atoms with Gasteiger partial charge in [-0.25, -0.2) is 4.79 Å². The number of nitrogens with zero attached hydrogens (tertiary/aromatic N) is 1. The number of ether oxygens (including phenoxy) is 1. The Morgan fingerprint density at radius 1 is 1.26 bits per heavy atom. The zero-order valence-electron chi connectivity index (χ0n) is 11.1. The van der Waals surface area contributed by atoms with E-state index in [0.29, 0.717) is 5.92 Å². The van der Waals surface area contributed by atoms with Gasteiger partial charge in [-0.2, -0.15) is 4.99 Å². The molecule has 1 aliphatic carbocycles. The Bertz CT molecular complexity index is 493. The molecule has 0 spiro atoms. The molecular formula is C16H19NO2. The van der Waals surface area contributed by atoms with Crippen molar-refractivity contribution in [2.45, 2.75) is 43.6 Å². The van der Waals surface area contributed by atoms with Gasteiger partial charge in [0.2, 0.25) is 6.08 Å². The van der Waals surface area contributed by atoms with Crippen LogP contribution < -0.4 is 0 Å². The van der Waals surface area contributed by atoms with Gasteiger partial charge in [0.05, 0.1) is 12.1 Å². The van der Waals surface area contributed by atoms with Crippen LogP contribution in [-0.2, 0) is 15.1 Å². The largest absolute Gasteiger partial charge is 0.381 e. The molecule has 1 saturated heterocycles. The number of benzene rings is 1. The van der Waals surface area contributed by atoms with E-state index < -0.39 is 0 Å². The Morgan fingerprint density at radius 3 is 2.74 bits per heavy atom. The maximum absolute atomic E-state index is 10.9. The summed E-state index contributed by atoms with van der Waals surface area (Å²) in [6, 6.07) is 8.44. The molecule has 0 N–H and O–H groups in total. The Balaban J connectivity index is 2.05. The molecular weight excluding hydrogens is 238 g/mol. The first-order valence-corrected chi connectivity index (χ1v) is 7.12. The van der Waals surface area contributed by atoms with Gasteiger partial charge in [0.25, 0.3) is 0 Å². The molecule has 2 aliphatic rings. The Hall–Kier alpha value is -1.44. The van der Waals surface area contributed by atoms with E-state index in [1.165, 1.54) is 11.1 Å². The predicted octanol–water partition coefficient (Wildman–Crippen LogP) is 3.30. The van der Waals surface area contributed by atoms with Crippen LogP contribution in [0, 0.1) is 0 Å². The van der Waals surface area contributed by atoms with Crippen molar-refractivity contribution in [3.63, 3.8) is 0 Å². The highest BCUT2D eigenvalue weighted by Gasteiger charge is 2.38. The van der Waals surface area contributed by atoms with Gasteiger partial charge >= 0.3 is 0 Å².